The lowest BCUT2D eigenvalue weighted by molar-refractivity contribution is -0.149. The summed E-state index contributed by atoms with van der Waals surface area (Å²) in [6.07, 6.45) is 4.22. The first-order valence-corrected chi connectivity index (χ1v) is 9.12. The molecular weight excluding hydrogens is 330 g/mol. The van der Waals surface area contributed by atoms with Crippen molar-refractivity contribution in [3.05, 3.63) is 47.4 Å². The standard InChI is InChI=1S/C20H25N3O3/c1-4-26-20(25)17-9-6-8-12-22(17)19(24)16-13-14(2)23(15(16)3)18-10-5-7-11-21-18/h5,7,10-11,13,17H,4,6,8-9,12H2,1-3H3. The summed E-state index contributed by atoms with van der Waals surface area (Å²) in [7, 11) is 0. The van der Waals surface area contributed by atoms with Crippen LogP contribution >= 0.6 is 0 Å². The number of carbonyl (C=O) groups excluding carboxylic acids is 2. The van der Waals surface area contributed by atoms with Crippen molar-refractivity contribution in [3.8, 4) is 5.82 Å². The average molecular weight is 355 g/mol. The number of piperidine rings is 1. The lowest BCUT2D eigenvalue weighted by Gasteiger charge is -2.34. The number of amides is 1. The van der Waals surface area contributed by atoms with Gasteiger partial charge in [-0.15, -0.1) is 0 Å². The molecule has 0 bridgehead atoms. The molecule has 0 radical (unpaired) electrons. The smallest absolute Gasteiger partial charge is 0.328 e. The molecule has 0 aliphatic carbocycles. The topological polar surface area (TPSA) is 64.4 Å². The molecule has 0 aromatic carbocycles. The minimum absolute atomic E-state index is 0.113. The van der Waals surface area contributed by atoms with Crippen LogP contribution in [-0.2, 0) is 9.53 Å². The molecule has 0 saturated carbocycles. The third-order valence-electron chi connectivity index (χ3n) is 4.86. The van der Waals surface area contributed by atoms with Gasteiger partial charge in [0.15, 0.2) is 0 Å². The van der Waals surface area contributed by atoms with E-state index in [1.165, 1.54) is 0 Å². The molecule has 138 valence electrons. The van der Waals surface area contributed by atoms with Crippen LogP contribution < -0.4 is 0 Å². The van der Waals surface area contributed by atoms with Crippen LogP contribution in [0, 0.1) is 13.8 Å². The zero-order valence-electron chi connectivity index (χ0n) is 15.6. The van der Waals surface area contributed by atoms with Crippen LogP contribution in [0.4, 0.5) is 0 Å². The number of aromatic nitrogens is 2. The highest BCUT2D eigenvalue weighted by Crippen LogP contribution is 2.25. The molecule has 1 saturated heterocycles. The van der Waals surface area contributed by atoms with Crippen molar-refractivity contribution in [2.45, 2.75) is 46.1 Å². The van der Waals surface area contributed by atoms with Gasteiger partial charge in [-0.05, 0) is 58.2 Å². The molecule has 0 spiro atoms. The van der Waals surface area contributed by atoms with Crippen molar-refractivity contribution in [1.82, 2.24) is 14.5 Å². The Morgan fingerprint density at radius 2 is 2.08 bits per heavy atom. The van der Waals surface area contributed by atoms with Crippen molar-refractivity contribution in [1.29, 1.82) is 0 Å². The Kier molecular flexibility index (Phi) is 5.40. The van der Waals surface area contributed by atoms with E-state index >= 15 is 0 Å². The van der Waals surface area contributed by atoms with Crippen molar-refractivity contribution >= 4 is 11.9 Å². The van der Waals surface area contributed by atoms with Crippen LogP contribution in [-0.4, -0.2) is 45.5 Å². The molecule has 3 heterocycles. The number of likely N-dealkylation sites (tertiary alicyclic amines) is 1. The maximum atomic E-state index is 13.2. The Balaban J connectivity index is 1.93. The molecule has 3 rings (SSSR count). The number of hydrogen-bond donors (Lipinski definition) is 0. The van der Waals surface area contributed by atoms with Crippen molar-refractivity contribution < 1.29 is 14.3 Å². The fourth-order valence-corrected chi connectivity index (χ4v) is 3.63. The third kappa shape index (κ3) is 3.36. The van der Waals surface area contributed by atoms with Gasteiger partial charge in [-0.3, -0.25) is 4.79 Å². The van der Waals surface area contributed by atoms with E-state index in [1.807, 2.05) is 42.7 Å². The predicted molar refractivity (Wildman–Crippen MR) is 98.3 cm³/mol. The predicted octanol–water partition coefficient (Wildman–Crippen LogP) is 3.05. The highest BCUT2D eigenvalue weighted by Gasteiger charge is 2.35. The van der Waals surface area contributed by atoms with Crippen LogP contribution in [0.2, 0.25) is 0 Å². The van der Waals surface area contributed by atoms with Crippen molar-refractivity contribution in [2.75, 3.05) is 13.2 Å². The van der Waals surface area contributed by atoms with E-state index < -0.39 is 6.04 Å². The molecule has 1 amide bonds. The monoisotopic (exact) mass is 355 g/mol. The van der Waals surface area contributed by atoms with Gasteiger partial charge in [0.2, 0.25) is 0 Å². The van der Waals surface area contributed by atoms with E-state index in [4.69, 9.17) is 4.74 Å². The molecule has 26 heavy (non-hydrogen) atoms. The van der Waals surface area contributed by atoms with Gasteiger partial charge in [-0.1, -0.05) is 6.07 Å². The van der Waals surface area contributed by atoms with Crippen LogP contribution in [0.5, 0.6) is 0 Å². The van der Waals surface area contributed by atoms with Gasteiger partial charge in [0.25, 0.3) is 5.91 Å². The first-order valence-electron chi connectivity index (χ1n) is 9.12. The van der Waals surface area contributed by atoms with Gasteiger partial charge in [-0.25, -0.2) is 9.78 Å². The number of pyridine rings is 1. The SMILES string of the molecule is CCOC(=O)C1CCCCN1C(=O)c1cc(C)n(-c2ccccn2)c1C. The minimum atomic E-state index is -0.492. The molecule has 2 aromatic heterocycles. The highest BCUT2D eigenvalue weighted by atomic mass is 16.5. The Morgan fingerprint density at radius 1 is 1.27 bits per heavy atom. The number of hydrogen-bond acceptors (Lipinski definition) is 4. The largest absolute Gasteiger partial charge is 0.464 e. The third-order valence-corrected chi connectivity index (χ3v) is 4.86. The second kappa shape index (κ2) is 7.72. The van der Waals surface area contributed by atoms with Crippen LogP contribution in [0.25, 0.3) is 5.82 Å². The van der Waals surface area contributed by atoms with E-state index in [0.29, 0.717) is 25.1 Å². The highest BCUT2D eigenvalue weighted by molar-refractivity contribution is 5.98. The Bertz CT molecular complexity index is 798. The molecule has 1 aliphatic rings. The summed E-state index contributed by atoms with van der Waals surface area (Å²) in [5.41, 5.74) is 2.39. The lowest BCUT2D eigenvalue weighted by Crippen LogP contribution is -2.48. The molecule has 6 nitrogen and oxygen atoms in total. The van der Waals surface area contributed by atoms with E-state index in [9.17, 15) is 9.59 Å². The number of carbonyl (C=O) groups is 2. The summed E-state index contributed by atoms with van der Waals surface area (Å²) in [5, 5.41) is 0. The van der Waals surface area contributed by atoms with Crippen LogP contribution in [0.3, 0.4) is 0 Å². The first-order chi connectivity index (χ1) is 12.5. The van der Waals surface area contributed by atoms with Gasteiger partial charge in [0.1, 0.15) is 11.9 Å². The van der Waals surface area contributed by atoms with Crippen LogP contribution in [0.15, 0.2) is 30.5 Å². The van der Waals surface area contributed by atoms with Gasteiger partial charge < -0.3 is 14.2 Å². The Morgan fingerprint density at radius 3 is 2.77 bits per heavy atom. The Labute approximate surface area is 153 Å². The zero-order chi connectivity index (χ0) is 18.7. The summed E-state index contributed by atoms with van der Waals surface area (Å²) in [5.74, 6) is 0.360. The average Bonchev–Trinajstić information content (AvgIpc) is 2.96. The Hall–Kier alpha value is -2.63. The molecule has 2 aromatic rings. The minimum Gasteiger partial charge on any atom is -0.464 e. The summed E-state index contributed by atoms with van der Waals surface area (Å²) in [6.45, 7) is 6.56. The van der Waals surface area contributed by atoms with Gasteiger partial charge in [0, 0.05) is 24.1 Å². The van der Waals surface area contributed by atoms with E-state index in [0.717, 1.165) is 30.0 Å². The fraction of sp³-hybridized carbons (Fsp3) is 0.450. The maximum Gasteiger partial charge on any atom is 0.328 e. The van der Waals surface area contributed by atoms with Crippen LogP contribution in [0.1, 0.15) is 47.9 Å². The summed E-state index contributed by atoms with van der Waals surface area (Å²) < 4.78 is 7.15. The second-order valence-electron chi connectivity index (χ2n) is 6.57. The number of esters is 1. The second-order valence-corrected chi connectivity index (χ2v) is 6.57. The van der Waals surface area contributed by atoms with Gasteiger partial charge in [0.05, 0.1) is 12.2 Å². The molecule has 1 aliphatic heterocycles. The van der Waals surface area contributed by atoms with Gasteiger partial charge >= 0.3 is 5.97 Å². The summed E-state index contributed by atoms with van der Waals surface area (Å²) >= 11 is 0. The van der Waals surface area contributed by atoms with E-state index in [-0.39, 0.29) is 11.9 Å². The molecule has 0 N–H and O–H groups in total. The fourth-order valence-electron chi connectivity index (χ4n) is 3.63. The maximum absolute atomic E-state index is 13.2. The molecule has 1 unspecified atom stereocenters. The zero-order valence-corrected chi connectivity index (χ0v) is 15.6. The lowest BCUT2D eigenvalue weighted by atomic mass is 10.0. The first kappa shape index (κ1) is 18.2. The molecule has 6 heteroatoms. The number of nitrogens with zero attached hydrogens (tertiary/aromatic N) is 3. The molecular formula is C20H25N3O3. The summed E-state index contributed by atoms with van der Waals surface area (Å²) in [4.78, 5) is 31.6. The van der Waals surface area contributed by atoms with E-state index in [1.54, 1.807) is 18.0 Å². The van der Waals surface area contributed by atoms with Gasteiger partial charge in [-0.2, -0.15) is 0 Å². The number of rotatable bonds is 4. The van der Waals surface area contributed by atoms with Crippen molar-refractivity contribution in [2.24, 2.45) is 0 Å². The molecule has 1 atom stereocenters. The van der Waals surface area contributed by atoms with E-state index in [2.05, 4.69) is 4.98 Å². The summed E-state index contributed by atoms with van der Waals surface area (Å²) in [6, 6.07) is 7.08. The quantitative estimate of drug-likeness (QED) is 0.791. The normalized spacial score (nSPS) is 17.2. The molecule has 1 fully saturated rings. The van der Waals surface area contributed by atoms with Crippen molar-refractivity contribution in [3.63, 3.8) is 0 Å². The number of aryl methyl sites for hydroxylation is 1. The number of ether oxygens (including phenoxy) is 1.